The number of halogens is 1. The van der Waals surface area contributed by atoms with Gasteiger partial charge in [-0.3, -0.25) is 4.79 Å². The van der Waals surface area contributed by atoms with Gasteiger partial charge < -0.3 is 16.0 Å². The zero-order chi connectivity index (χ0) is 15.0. The quantitative estimate of drug-likeness (QED) is 0.896. The van der Waals surface area contributed by atoms with Gasteiger partial charge in [-0.05, 0) is 45.1 Å². The maximum absolute atomic E-state index is 13.8. The number of anilines is 1. The Kier molecular flexibility index (Phi) is 3.82. The van der Waals surface area contributed by atoms with E-state index in [9.17, 15) is 9.18 Å². The van der Waals surface area contributed by atoms with E-state index >= 15 is 0 Å². The maximum atomic E-state index is 13.8. The number of fused-ring (bicyclic) bond motifs is 1. The van der Waals surface area contributed by atoms with Crippen molar-refractivity contribution < 1.29 is 9.18 Å². The number of benzene rings is 1. The fraction of sp³-hybridized carbons (Fsp3) is 0.400. The Bertz CT molecular complexity index is 677. The van der Waals surface area contributed by atoms with Crippen LogP contribution in [0.1, 0.15) is 22.5 Å². The molecule has 0 saturated carbocycles. The smallest absolute Gasteiger partial charge is 0.263 e. The topological polar surface area (TPSA) is 58.4 Å². The number of carbonyl (C=O) groups excluding carboxylic acids is 1. The largest absolute Gasteiger partial charge is 0.397 e. The molecule has 1 aromatic heterocycles. The first kappa shape index (κ1) is 14.3. The number of nitrogens with one attached hydrogen (secondary N) is 1. The molecular formula is C15H18FN3OS. The number of nitrogens with zero attached hydrogens (tertiary/aromatic N) is 1. The van der Waals surface area contributed by atoms with Crippen LogP contribution in [0.25, 0.3) is 10.1 Å². The van der Waals surface area contributed by atoms with E-state index in [0.29, 0.717) is 15.0 Å². The van der Waals surface area contributed by atoms with Crippen molar-refractivity contribution in [2.24, 2.45) is 0 Å². The molecule has 0 radical (unpaired) electrons. The summed E-state index contributed by atoms with van der Waals surface area (Å²) in [5, 5.41) is 3.38. The van der Waals surface area contributed by atoms with E-state index in [1.165, 1.54) is 17.4 Å². The van der Waals surface area contributed by atoms with Crippen LogP contribution in [0.3, 0.4) is 0 Å². The number of hydrogen-bond acceptors (Lipinski definition) is 4. The lowest BCUT2D eigenvalue weighted by Crippen LogP contribution is -2.43. The van der Waals surface area contributed by atoms with E-state index < -0.39 is 0 Å². The number of hydrogen-bond donors (Lipinski definition) is 2. The molecule has 3 N–H and O–H groups in total. The van der Waals surface area contributed by atoms with E-state index in [4.69, 9.17) is 5.73 Å². The minimum atomic E-state index is -0.375. The molecule has 0 atom stereocenters. The van der Waals surface area contributed by atoms with Crippen LogP contribution in [0.4, 0.5) is 10.1 Å². The molecule has 2 aromatic rings. The molecule has 1 saturated heterocycles. The third-order valence-electron chi connectivity index (χ3n) is 3.96. The summed E-state index contributed by atoms with van der Waals surface area (Å²) >= 11 is 1.25. The SMILES string of the molecule is CN1CCC(NC(=O)c2sc3cccc(F)c3c2N)CC1. The van der Waals surface area contributed by atoms with Crippen molar-refractivity contribution in [2.45, 2.75) is 18.9 Å². The molecular weight excluding hydrogens is 289 g/mol. The minimum absolute atomic E-state index is 0.170. The molecule has 21 heavy (non-hydrogen) atoms. The van der Waals surface area contributed by atoms with Crippen LogP contribution >= 0.6 is 11.3 Å². The summed E-state index contributed by atoms with van der Waals surface area (Å²) in [6.45, 7) is 1.95. The second-order valence-corrected chi connectivity index (χ2v) is 6.56. The molecule has 0 aliphatic carbocycles. The maximum Gasteiger partial charge on any atom is 0.263 e. The van der Waals surface area contributed by atoms with Gasteiger partial charge in [0.1, 0.15) is 10.7 Å². The van der Waals surface area contributed by atoms with Crippen LogP contribution in [-0.4, -0.2) is 37.0 Å². The van der Waals surface area contributed by atoms with Crippen LogP contribution in [0, 0.1) is 5.82 Å². The van der Waals surface area contributed by atoms with Gasteiger partial charge in [0.25, 0.3) is 5.91 Å². The Balaban J connectivity index is 1.82. The summed E-state index contributed by atoms with van der Waals surface area (Å²) in [6, 6.07) is 4.95. The Morgan fingerprint density at radius 2 is 2.14 bits per heavy atom. The summed E-state index contributed by atoms with van der Waals surface area (Å²) in [5.74, 6) is -0.567. The normalized spacial score (nSPS) is 17.2. The lowest BCUT2D eigenvalue weighted by molar-refractivity contribution is 0.0922. The number of piperidine rings is 1. The second kappa shape index (κ2) is 5.61. The van der Waals surface area contributed by atoms with Crippen molar-refractivity contribution in [2.75, 3.05) is 25.9 Å². The summed E-state index contributed by atoms with van der Waals surface area (Å²) in [7, 11) is 2.07. The van der Waals surface area contributed by atoms with Crippen LogP contribution in [-0.2, 0) is 0 Å². The van der Waals surface area contributed by atoms with E-state index in [-0.39, 0.29) is 23.5 Å². The van der Waals surface area contributed by atoms with Crippen molar-refractivity contribution in [1.82, 2.24) is 10.2 Å². The molecule has 1 aliphatic heterocycles. The van der Waals surface area contributed by atoms with E-state index in [1.54, 1.807) is 12.1 Å². The molecule has 0 unspecified atom stereocenters. The molecule has 1 amide bonds. The first-order valence-corrected chi connectivity index (χ1v) is 7.84. The molecule has 112 valence electrons. The van der Waals surface area contributed by atoms with Gasteiger partial charge in [-0.2, -0.15) is 0 Å². The van der Waals surface area contributed by atoms with Gasteiger partial charge >= 0.3 is 0 Å². The lowest BCUT2D eigenvalue weighted by atomic mass is 10.1. The molecule has 1 fully saturated rings. The van der Waals surface area contributed by atoms with Gasteiger partial charge in [-0.25, -0.2) is 4.39 Å². The highest BCUT2D eigenvalue weighted by atomic mass is 32.1. The number of nitrogen functional groups attached to an aromatic ring is 1. The van der Waals surface area contributed by atoms with Crippen molar-refractivity contribution in [1.29, 1.82) is 0 Å². The summed E-state index contributed by atoms with van der Waals surface area (Å²) < 4.78 is 14.5. The number of thiophene rings is 1. The predicted octanol–water partition coefficient (Wildman–Crippen LogP) is 2.45. The number of likely N-dealkylation sites (tertiary alicyclic amines) is 1. The fourth-order valence-electron chi connectivity index (χ4n) is 2.70. The first-order valence-electron chi connectivity index (χ1n) is 7.02. The molecule has 1 aromatic carbocycles. The Morgan fingerprint density at radius 3 is 2.81 bits per heavy atom. The molecule has 0 bridgehead atoms. The third kappa shape index (κ3) is 2.73. The molecule has 0 spiro atoms. The van der Waals surface area contributed by atoms with E-state index in [1.807, 2.05) is 0 Å². The van der Waals surface area contributed by atoms with Crippen molar-refractivity contribution in [3.63, 3.8) is 0 Å². The van der Waals surface area contributed by atoms with Gasteiger partial charge in [0, 0.05) is 10.7 Å². The van der Waals surface area contributed by atoms with Crippen molar-refractivity contribution >= 4 is 33.0 Å². The number of nitrogens with two attached hydrogens (primary N) is 1. The van der Waals surface area contributed by atoms with Gasteiger partial charge in [0.05, 0.1) is 11.1 Å². The average molecular weight is 307 g/mol. The Labute approximate surface area is 126 Å². The van der Waals surface area contributed by atoms with Gasteiger partial charge in [0.15, 0.2) is 0 Å². The van der Waals surface area contributed by atoms with Gasteiger partial charge in [-0.1, -0.05) is 6.07 Å². The average Bonchev–Trinajstić information content (AvgIpc) is 2.80. The predicted molar refractivity (Wildman–Crippen MR) is 84.2 cm³/mol. The van der Waals surface area contributed by atoms with Crippen molar-refractivity contribution in [3.05, 3.63) is 28.9 Å². The number of rotatable bonds is 2. The third-order valence-corrected chi connectivity index (χ3v) is 5.13. The first-order chi connectivity index (χ1) is 10.1. The van der Waals surface area contributed by atoms with Crippen molar-refractivity contribution in [3.8, 4) is 0 Å². The number of carbonyl (C=O) groups is 1. The Morgan fingerprint density at radius 1 is 1.43 bits per heavy atom. The highest BCUT2D eigenvalue weighted by molar-refractivity contribution is 7.21. The monoisotopic (exact) mass is 307 g/mol. The highest BCUT2D eigenvalue weighted by Gasteiger charge is 2.23. The molecule has 2 heterocycles. The standard InChI is InChI=1S/C15H18FN3OS/c1-19-7-5-9(6-8-19)18-15(20)14-13(17)12-10(16)3-2-4-11(12)21-14/h2-4,9H,5-8,17H2,1H3,(H,18,20). The Hall–Kier alpha value is -1.66. The highest BCUT2D eigenvalue weighted by Crippen LogP contribution is 2.35. The van der Waals surface area contributed by atoms with E-state index in [2.05, 4.69) is 17.3 Å². The summed E-state index contributed by atoms with van der Waals surface area (Å²) in [5.41, 5.74) is 6.22. The van der Waals surface area contributed by atoms with Crippen LogP contribution < -0.4 is 11.1 Å². The van der Waals surface area contributed by atoms with Crippen LogP contribution in [0.2, 0.25) is 0 Å². The molecule has 6 heteroatoms. The van der Waals surface area contributed by atoms with Gasteiger partial charge in [0.2, 0.25) is 0 Å². The lowest BCUT2D eigenvalue weighted by Gasteiger charge is -2.29. The van der Waals surface area contributed by atoms with Crippen LogP contribution in [0.5, 0.6) is 0 Å². The van der Waals surface area contributed by atoms with Gasteiger partial charge in [-0.15, -0.1) is 11.3 Å². The minimum Gasteiger partial charge on any atom is -0.397 e. The second-order valence-electron chi connectivity index (χ2n) is 5.51. The zero-order valence-electron chi connectivity index (χ0n) is 11.9. The molecule has 3 rings (SSSR count). The summed E-state index contributed by atoms with van der Waals surface area (Å²) in [6.07, 6.45) is 1.86. The zero-order valence-corrected chi connectivity index (χ0v) is 12.7. The van der Waals surface area contributed by atoms with Crippen LogP contribution in [0.15, 0.2) is 18.2 Å². The fourth-order valence-corrected chi connectivity index (χ4v) is 3.74. The van der Waals surface area contributed by atoms with E-state index in [0.717, 1.165) is 25.9 Å². The number of amides is 1. The molecule has 1 aliphatic rings. The summed E-state index contributed by atoms with van der Waals surface area (Å²) in [4.78, 5) is 15.0. The molecule has 4 nitrogen and oxygen atoms in total.